The molecule has 7 nitrogen and oxygen atoms in total. The molecule has 0 bridgehead atoms. The number of methoxy groups -OCH3 is 1. The summed E-state index contributed by atoms with van der Waals surface area (Å²) in [5.74, 6) is 1.49. The fraction of sp³-hybridized carbons (Fsp3) is 0.250. The number of aromatic nitrogens is 3. The van der Waals surface area contributed by atoms with E-state index in [1.54, 1.807) is 19.5 Å². The maximum absolute atomic E-state index is 13.6. The number of unbranched alkanes of at least 4 members (excludes halogenated alkanes) is 1. The highest BCUT2D eigenvalue weighted by atomic mass is 16.5. The van der Waals surface area contributed by atoms with Gasteiger partial charge in [-0.3, -0.25) is 14.9 Å². The van der Waals surface area contributed by atoms with Gasteiger partial charge in [0.2, 0.25) is 0 Å². The van der Waals surface area contributed by atoms with Crippen molar-refractivity contribution in [1.82, 2.24) is 20.1 Å². The van der Waals surface area contributed by atoms with Gasteiger partial charge in [-0.1, -0.05) is 25.5 Å². The second kappa shape index (κ2) is 10.0. The minimum absolute atomic E-state index is 0.0774. The summed E-state index contributed by atoms with van der Waals surface area (Å²) in [5.41, 5.74) is 5.07. The second-order valence-electron chi connectivity index (χ2n) is 8.55. The zero-order chi connectivity index (χ0) is 24.2. The Morgan fingerprint density at radius 3 is 2.57 bits per heavy atom. The Balaban J connectivity index is 1.58. The van der Waals surface area contributed by atoms with Crippen LogP contribution in [-0.4, -0.2) is 39.7 Å². The number of carbonyl (C=O) groups is 1. The van der Waals surface area contributed by atoms with E-state index in [1.807, 2.05) is 65.6 Å². The van der Waals surface area contributed by atoms with E-state index in [4.69, 9.17) is 9.47 Å². The van der Waals surface area contributed by atoms with Gasteiger partial charge >= 0.3 is 0 Å². The zero-order valence-corrected chi connectivity index (χ0v) is 19.9. The quantitative estimate of drug-likeness (QED) is 0.333. The Labute approximate surface area is 204 Å². The molecule has 1 aliphatic heterocycles. The number of ether oxygens (including phenoxy) is 2. The van der Waals surface area contributed by atoms with Gasteiger partial charge in [-0.25, -0.2) is 0 Å². The SMILES string of the molecule is CCCCOc1cccc(C2c3c(-c4ccc(OC)cc4)n[nH]c3C(=O)N2Cc2ccncc2)c1. The number of nitrogens with zero attached hydrogens (tertiary/aromatic N) is 3. The van der Waals surface area contributed by atoms with Gasteiger partial charge in [0.1, 0.15) is 17.2 Å². The molecule has 3 heterocycles. The Bertz CT molecular complexity index is 1300. The summed E-state index contributed by atoms with van der Waals surface area (Å²) < 4.78 is 11.3. The lowest BCUT2D eigenvalue weighted by Crippen LogP contribution is -2.29. The molecule has 35 heavy (non-hydrogen) atoms. The normalized spacial score (nSPS) is 14.7. The lowest BCUT2D eigenvalue weighted by atomic mass is 9.95. The number of carbonyl (C=O) groups excluding carboxylic acids is 1. The minimum Gasteiger partial charge on any atom is -0.497 e. The summed E-state index contributed by atoms with van der Waals surface area (Å²) in [5, 5.41) is 7.58. The van der Waals surface area contributed by atoms with E-state index < -0.39 is 0 Å². The molecule has 0 spiro atoms. The van der Waals surface area contributed by atoms with E-state index in [9.17, 15) is 4.79 Å². The van der Waals surface area contributed by atoms with E-state index in [1.165, 1.54) is 0 Å². The first-order valence-electron chi connectivity index (χ1n) is 11.8. The summed E-state index contributed by atoms with van der Waals surface area (Å²) in [6.45, 7) is 3.26. The van der Waals surface area contributed by atoms with Gasteiger partial charge in [0.15, 0.2) is 0 Å². The Kier molecular flexibility index (Phi) is 6.48. The van der Waals surface area contributed by atoms with Crippen molar-refractivity contribution in [2.75, 3.05) is 13.7 Å². The molecule has 0 fully saturated rings. The first-order chi connectivity index (χ1) is 17.2. The van der Waals surface area contributed by atoms with E-state index in [-0.39, 0.29) is 11.9 Å². The van der Waals surface area contributed by atoms with Crippen molar-refractivity contribution in [2.45, 2.75) is 32.4 Å². The average molecular weight is 469 g/mol. The highest BCUT2D eigenvalue weighted by molar-refractivity contribution is 6.00. The number of pyridine rings is 1. The molecule has 178 valence electrons. The van der Waals surface area contributed by atoms with E-state index >= 15 is 0 Å². The topological polar surface area (TPSA) is 80.3 Å². The number of H-pyrrole nitrogens is 1. The first kappa shape index (κ1) is 22.7. The number of hydrogen-bond acceptors (Lipinski definition) is 5. The third-order valence-electron chi connectivity index (χ3n) is 6.27. The fourth-order valence-electron chi connectivity index (χ4n) is 4.47. The standard InChI is InChI=1S/C28H28N4O3/c1-3-4-16-35-23-7-5-6-21(17-23)27-24-25(20-8-10-22(34-2)11-9-20)30-31-26(24)28(33)32(27)18-19-12-14-29-15-13-19/h5-15,17,27H,3-4,16,18H2,1-2H3,(H,30,31). The summed E-state index contributed by atoms with van der Waals surface area (Å²) in [6, 6.07) is 19.3. The van der Waals surface area contributed by atoms with Crippen LogP contribution in [-0.2, 0) is 6.54 Å². The Hall–Kier alpha value is -4.13. The van der Waals surface area contributed by atoms with Crippen molar-refractivity contribution in [3.8, 4) is 22.8 Å². The third-order valence-corrected chi connectivity index (χ3v) is 6.27. The highest BCUT2D eigenvalue weighted by Crippen LogP contribution is 2.44. The van der Waals surface area contributed by atoms with E-state index in [0.717, 1.165) is 52.3 Å². The number of aromatic amines is 1. The number of fused-ring (bicyclic) bond motifs is 1. The van der Waals surface area contributed by atoms with Gasteiger partial charge in [-0.15, -0.1) is 0 Å². The molecular formula is C28H28N4O3. The first-order valence-corrected chi connectivity index (χ1v) is 11.8. The van der Waals surface area contributed by atoms with Gasteiger partial charge in [0.25, 0.3) is 5.91 Å². The van der Waals surface area contributed by atoms with Gasteiger partial charge in [0, 0.05) is 30.1 Å². The molecule has 1 aliphatic rings. The lowest BCUT2D eigenvalue weighted by molar-refractivity contribution is 0.0729. The summed E-state index contributed by atoms with van der Waals surface area (Å²) in [6.07, 6.45) is 5.56. The van der Waals surface area contributed by atoms with Crippen LogP contribution in [0.5, 0.6) is 11.5 Å². The Morgan fingerprint density at radius 2 is 1.83 bits per heavy atom. The molecule has 0 saturated carbocycles. The monoisotopic (exact) mass is 468 g/mol. The van der Waals surface area contributed by atoms with Crippen LogP contribution in [0.15, 0.2) is 73.1 Å². The van der Waals surface area contributed by atoms with Gasteiger partial charge < -0.3 is 14.4 Å². The zero-order valence-electron chi connectivity index (χ0n) is 19.9. The molecule has 5 rings (SSSR count). The molecule has 0 aliphatic carbocycles. The molecule has 1 unspecified atom stereocenters. The Morgan fingerprint density at radius 1 is 1.03 bits per heavy atom. The highest BCUT2D eigenvalue weighted by Gasteiger charge is 2.42. The predicted molar refractivity (Wildman–Crippen MR) is 133 cm³/mol. The minimum atomic E-state index is -0.309. The van der Waals surface area contributed by atoms with Crippen LogP contribution in [0.4, 0.5) is 0 Å². The van der Waals surface area contributed by atoms with E-state index in [2.05, 4.69) is 22.1 Å². The number of amides is 1. The maximum atomic E-state index is 13.6. The largest absolute Gasteiger partial charge is 0.497 e. The molecule has 2 aromatic carbocycles. The van der Waals surface area contributed by atoms with Gasteiger partial charge in [-0.05, 0) is 66.1 Å². The van der Waals surface area contributed by atoms with Crippen LogP contribution in [0.2, 0.25) is 0 Å². The molecule has 4 aromatic rings. The molecule has 0 radical (unpaired) electrons. The fourth-order valence-corrected chi connectivity index (χ4v) is 4.47. The predicted octanol–water partition coefficient (Wildman–Crippen LogP) is 5.40. The summed E-state index contributed by atoms with van der Waals surface area (Å²) >= 11 is 0. The number of hydrogen-bond donors (Lipinski definition) is 1. The van der Waals surface area contributed by atoms with Crippen molar-refractivity contribution < 1.29 is 14.3 Å². The number of benzene rings is 2. The maximum Gasteiger partial charge on any atom is 0.273 e. The van der Waals surface area contributed by atoms with Crippen LogP contribution >= 0.6 is 0 Å². The van der Waals surface area contributed by atoms with Crippen molar-refractivity contribution in [2.24, 2.45) is 0 Å². The smallest absolute Gasteiger partial charge is 0.273 e. The van der Waals surface area contributed by atoms with Crippen LogP contribution in [0.1, 0.15) is 53.0 Å². The van der Waals surface area contributed by atoms with Crippen LogP contribution in [0.25, 0.3) is 11.3 Å². The molecule has 7 heteroatoms. The number of nitrogens with one attached hydrogen (secondary N) is 1. The molecule has 2 aromatic heterocycles. The molecular weight excluding hydrogens is 440 g/mol. The summed E-state index contributed by atoms with van der Waals surface area (Å²) in [7, 11) is 1.64. The van der Waals surface area contributed by atoms with Crippen molar-refractivity contribution in [3.05, 3.63) is 95.4 Å². The van der Waals surface area contributed by atoms with Crippen LogP contribution in [0.3, 0.4) is 0 Å². The molecule has 1 N–H and O–H groups in total. The van der Waals surface area contributed by atoms with Gasteiger partial charge in [0.05, 0.1) is 25.5 Å². The second-order valence-corrected chi connectivity index (χ2v) is 8.55. The van der Waals surface area contributed by atoms with Crippen LogP contribution in [0, 0.1) is 0 Å². The van der Waals surface area contributed by atoms with Gasteiger partial charge in [-0.2, -0.15) is 5.10 Å². The molecule has 1 atom stereocenters. The molecule has 1 amide bonds. The van der Waals surface area contributed by atoms with Crippen molar-refractivity contribution in [1.29, 1.82) is 0 Å². The van der Waals surface area contributed by atoms with Crippen LogP contribution < -0.4 is 9.47 Å². The van der Waals surface area contributed by atoms with Crippen molar-refractivity contribution in [3.63, 3.8) is 0 Å². The summed E-state index contributed by atoms with van der Waals surface area (Å²) in [4.78, 5) is 19.6. The lowest BCUT2D eigenvalue weighted by Gasteiger charge is -2.27. The average Bonchev–Trinajstić information content (AvgIpc) is 3.44. The van der Waals surface area contributed by atoms with E-state index in [0.29, 0.717) is 18.8 Å². The molecule has 0 saturated heterocycles. The number of rotatable bonds is 9. The third kappa shape index (κ3) is 4.49. The van der Waals surface area contributed by atoms with Crippen molar-refractivity contribution >= 4 is 5.91 Å².